The van der Waals surface area contributed by atoms with Gasteiger partial charge in [-0.2, -0.15) is 0 Å². The molecule has 0 saturated heterocycles. The Morgan fingerprint density at radius 3 is 1.32 bits per heavy atom. The van der Waals surface area contributed by atoms with Gasteiger partial charge in [0.05, 0.1) is 0 Å². The molecule has 0 atom stereocenters. The Hall–Kier alpha value is -0.589. The van der Waals surface area contributed by atoms with E-state index >= 15 is 0 Å². The normalized spacial score (nSPS) is 8.05. The molecule has 0 aliphatic heterocycles. The molecule has 19 heavy (non-hydrogen) atoms. The van der Waals surface area contributed by atoms with Crippen molar-refractivity contribution in [2.24, 2.45) is 0 Å². The van der Waals surface area contributed by atoms with Crippen molar-refractivity contribution < 1.29 is 39.1 Å². The quantitative estimate of drug-likeness (QED) is 0.582. The molecule has 3 nitrogen and oxygen atoms in total. The molecule has 0 saturated carbocycles. The molecule has 0 unspecified atom stereocenters. The van der Waals surface area contributed by atoms with E-state index in [9.17, 15) is 5.02 Å². The first-order valence-electron chi connectivity index (χ1n) is 4.96. The number of halogens is 2. The van der Waals surface area contributed by atoms with E-state index in [0.717, 1.165) is 0 Å². The molecule has 7 heteroatoms. The van der Waals surface area contributed by atoms with E-state index in [0.29, 0.717) is 11.5 Å². The minimum absolute atomic E-state index is 0. The Labute approximate surface area is 141 Å². The van der Waals surface area contributed by atoms with Crippen LogP contribution in [0.1, 0.15) is 0 Å². The summed E-state index contributed by atoms with van der Waals surface area (Å²) in [5, 5.41) is 9.51. The maximum absolute atomic E-state index is 9.51. The summed E-state index contributed by atoms with van der Waals surface area (Å²) in [5.74, 6) is 1.12. The van der Waals surface area contributed by atoms with E-state index in [1.165, 1.54) is 0 Å². The van der Waals surface area contributed by atoms with Crippen LogP contribution >= 0.6 is 0 Å². The predicted molar refractivity (Wildman–Crippen MR) is 67.9 cm³/mol. The summed E-state index contributed by atoms with van der Waals surface area (Å²) < 4.78 is 10.3. The smallest absolute Gasteiger partial charge is 1.00 e. The summed E-state index contributed by atoms with van der Waals surface area (Å²) in [7, 11) is -1.30. The van der Waals surface area contributed by atoms with Crippen LogP contribution < -0.4 is 34.1 Å². The maximum Gasteiger partial charge on any atom is 2.00 e. The minimum atomic E-state index is -1.30. The Morgan fingerprint density at radius 1 is 0.684 bits per heavy atom. The van der Waals surface area contributed by atoms with Crippen molar-refractivity contribution in [3.63, 3.8) is 0 Å². The number of benzene rings is 2. The van der Waals surface area contributed by atoms with Gasteiger partial charge in [-0.15, -0.1) is 0 Å². The van der Waals surface area contributed by atoms with Crippen LogP contribution in [0.15, 0.2) is 60.7 Å². The molecule has 0 aliphatic carbocycles. The molecule has 0 amide bonds. The molecule has 2 rings (SSSR count). The topological polar surface area (TPSA) is 38.7 Å². The number of hydrogen-bond donors (Lipinski definition) is 1. The third-order valence-electron chi connectivity index (χ3n) is 1.96. The van der Waals surface area contributed by atoms with Gasteiger partial charge < -0.3 is 39.1 Å². The number of rotatable bonds is 4. The molecule has 0 spiro atoms. The molecule has 1 N–H and O–H groups in total. The van der Waals surface area contributed by atoms with Crippen molar-refractivity contribution in [3.05, 3.63) is 60.7 Å². The van der Waals surface area contributed by atoms with Gasteiger partial charge in [0.1, 0.15) is 11.5 Å². The monoisotopic (exact) mass is 308 g/mol. The van der Waals surface area contributed by atoms with Crippen LogP contribution in [0.25, 0.3) is 0 Å². The van der Waals surface area contributed by atoms with Crippen LogP contribution in [0, 0.1) is 0 Å². The third-order valence-corrected chi connectivity index (χ3v) is 1.96. The molecular weight excluding hydrogens is 298 g/mol. The van der Waals surface area contributed by atoms with Gasteiger partial charge >= 0.3 is 30.4 Å². The average molecular weight is 309 g/mol. The van der Waals surface area contributed by atoms with Crippen molar-refractivity contribution in [1.29, 1.82) is 0 Å². The van der Waals surface area contributed by atoms with Gasteiger partial charge in [0.25, 0.3) is 0 Å². The standard InChI is InChI=1S/C12H11BO3.2ClH.Mg/c14-13(15-11-7-3-1-4-8-11)16-12-9-5-2-6-10-12;;;/h1-10,14H;2*1H;/q;;;+2/p-2. The summed E-state index contributed by atoms with van der Waals surface area (Å²) in [4.78, 5) is 0. The fourth-order valence-corrected chi connectivity index (χ4v) is 1.26. The van der Waals surface area contributed by atoms with Crippen molar-refractivity contribution in [2.45, 2.75) is 0 Å². The van der Waals surface area contributed by atoms with Crippen molar-refractivity contribution >= 4 is 30.4 Å². The molecule has 0 heterocycles. The van der Waals surface area contributed by atoms with Crippen LogP contribution in [-0.2, 0) is 0 Å². The molecule has 0 fully saturated rings. The second-order valence-corrected chi connectivity index (χ2v) is 3.17. The SMILES string of the molecule is OB(Oc1ccccc1)Oc1ccccc1.[Cl-].[Cl-].[Mg+2]. The van der Waals surface area contributed by atoms with Crippen LogP contribution in [-0.4, -0.2) is 35.4 Å². The molecule has 0 radical (unpaired) electrons. The van der Waals surface area contributed by atoms with Crippen LogP contribution in [0.5, 0.6) is 11.5 Å². The zero-order valence-electron chi connectivity index (χ0n) is 10.1. The summed E-state index contributed by atoms with van der Waals surface area (Å²) in [6.07, 6.45) is 0. The predicted octanol–water partition coefficient (Wildman–Crippen LogP) is -4.25. The zero-order valence-corrected chi connectivity index (χ0v) is 13.0. The van der Waals surface area contributed by atoms with Gasteiger partial charge in [-0.1, -0.05) is 36.4 Å². The van der Waals surface area contributed by atoms with E-state index in [1.807, 2.05) is 36.4 Å². The van der Waals surface area contributed by atoms with Crippen molar-refractivity contribution in [3.8, 4) is 11.5 Å². The van der Waals surface area contributed by atoms with E-state index in [1.54, 1.807) is 24.3 Å². The fraction of sp³-hybridized carbons (Fsp3) is 0. The van der Waals surface area contributed by atoms with Gasteiger partial charge in [0.15, 0.2) is 0 Å². The van der Waals surface area contributed by atoms with Crippen LogP contribution in [0.4, 0.5) is 0 Å². The zero-order chi connectivity index (χ0) is 11.2. The molecule has 0 aromatic heterocycles. The first-order valence-corrected chi connectivity index (χ1v) is 4.96. The summed E-state index contributed by atoms with van der Waals surface area (Å²) in [6.45, 7) is 0. The second-order valence-electron chi connectivity index (χ2n) is 3.17. The molecule has 96 valence electrons. The first kappa shape index (κ1) is 20.7. The van der Waals surface area contributed by atoms with E-state index < -0.39 is 7.32 Å². The van der Waals surface area contributed by atoms with Crippen molar-refractivity contribution in [2.75, 3.05) is 0 Å². The van der Waals surface area contributed by atoms with E-state index in [-0.39, 0.29) is 47.9 Å². The summed E-state index contributed by atoms with van der Waals surface area (Å²) in [6, 6.07) is 18.0. The molecule has 0 bridgehead atoms. The van der Waals surface area contributed by atoms with Crippen molar-refractivity contribution in [1.82, 2.24) is 0 Å². The van der Waals surface area contributed by atoms with Gasteiger partial charge in [-0.05, 0) is 24.3 Å². The first-order chi connectivity index (χ1) is 7.84. The number of hydrogen-bond acceptors (Lipinski definition) is 3. The average Bonchev–Trinajstić information content (AvgIpc) is 2.31. The van der Waals surface area contributed by atoms with Crippen LogP contribution in [0.3, 0.4) is 0 Å². The molecule has 2 aromatic carbocycles. The fourth-order valence-electron chi connectivity index (χ4n) is 1.26. The molecule has 0 aliphatic rings. The van der Waals surface area contributed by atoms with Gasteiger partial charge in [-0.3, -0.25) is 0 Å². The van der Waals surface area contributed by atoms with Gasteiger partial charge in [0.2, 0.25) is 0 Å². The Bertz CT molecular complexity index is 392. The van der Waals surface area contributed by atoms with Gasteiger partial charge in [-0.25, -0.2) is 0 Å². The summed E-state index contributed by atoms with van der Waals surface area (Å²) in [5.41, 5.74) is 0. The largest absolute Gasteiger partial charge is 2.00 e. The Kier molecular flexibility index (Phi) is 12.3. The van der Waals surface area contributed by atoms with Crippen LogP contribution in [0.2, 0.25) is 0 Å². The Balaban J connectivity index is 0. The minimum Gasteiger partial charge on any atom is -1.00 e. The second kappa shape index (κ2) is 11.3. The Morgan fingerprint density at radius 2 is 1.00 bits per heavy atom. The summed E-state index contributed by atoms with van der Waals surface area (Å²) >= 11 is 0. The van der Waals surface area contributed by atoms with E-state index in [2.05, 4.69) is 0 Å². The maximum atomic E-state index is 9.51. The third kappa shape index (κ3) is 7.54. The van der Waals surface area contributed by atoms with Gasteiger partial charge in [0, 0.05) is 0 Å². The molecule has 2 aromatic rings. The van der Waals surface area contributed by atoms with E-state index in [4.69, 9.17) is 9.31 Å². The molecular formula is C12H11BCl2MgO3. The number of para-hydroxylation sites is 2.